The molecule has 1 saturated heterocycles. The Hall–Kier alpha value is -1.70. The summed E-state index contributed by atoms with van der Waals surface area (Å²) in [5, 5.41) is 10.9. The minimum atomic E-state index is -0.177. The van der Waals surface area contributed by atoms with Gasteiger partial charge in [0.1, 0.15) is 0 Å². The average molecular weight is 334 g/mol. The van der Waals surface area contributed by atoms with E-state index >= 15 is 0 Å². The van der Waals surface area contributed by atoms with E-state index < -0.39 is 0 Å². The first kappa shape index (κ1) is 16.2. The van der Waals surface area contributed by atoms with Crippen LogP contribution in [0.4, 0.5) is 5.88 Å². The number of carbonyl (C=O) groups excluding carboxylic acids is 1. The van der Waals surface area contributed by atoms with Gasteiger partial charge in [-0.2, -0.15) is 11.3 Å². The summed E-state index contributed by atoms with van der Waals surface area (Å²) >= 11 is 1.74. The molecular weight excluding hydrogens is 312 g/mol. The molecule has 6 nitrogen and oxygen atoms in total. The molecule has 0 spiro atoms. The monoisotopic (exact) mass is 334 g/mol. The number of hydrogen-bond acceptors (Lipinski definition) is 6. The van der Waals surface area contributed by atoms with Gasteiger partial charge in [0.15, 0.2) is 0 Å². The highest BCUT2D eigenvalue weighted by molar-refractivity contribution is 7.07. The third-order valence-corrected chi connectivity index (χ3v) is 4.93. The van der Waals surface area contributed by atoms with Crippen LogP contribution in [0, 0.1) is 6.92 Å². The Labute approximate surface area is 140 Å². The summed E-state index contributed by atoms with van der Waals surface area (Å²) in [5.74, 6) is 0.364. The molecular formula is C16H22N4O2S. The largest absolute Gasteiger partial charge is 0.338 e. The molecule has 1 aliphatic heterocycles. The van der Waals surface area contributed by atoms with Crippen molar-refractivity contribution in [1.82, 2.24) is 15.0 Å². The Kier molecular flexibility index (Phi) is 5.09. The van der Waals surface area contributed by atoms with Crippen molar-refractivity contribution in [3.05, 3.63) is 34.2 Å². The summed E-state index contributed by atoms with van der Waals surface area (Å²) in [5.41, 5.74) is 2.13. The van der Waals surface area contributed by atoms with Crippen LogP contribution in [0.25, 0.3) is 0 Å². The van der Waals surface area contributed by atoms with Gasteiger partial charge in [-0.05, 0) is 36.2 Å². The molecule has 3 rings (SSSR count). The van der Waals surface area contributed by atoms with Gasteiger partial charge >= 0.3 is 0 Å². The van der Waals surface area contributed by atoms with Crippen LogP contribution >= 0.6 is 11.3 Å². The van der Waals surface area contributed by atoms with Gasteiger partial charge in [-0.15, -0.1) is 0 Å². The van der Waals surface area contributed by atoms with Crippen LogP contribution in [0.1, 0.15) is 18.2 Å². The molecule has 0 saturated carbocycles. The SMILES string of the molecule is Cc1cc(NC(=O)C(C)N2CCN(Cc3ccsc3)CC2)on1. The van der Waals surface area contributed by atoms with Gasteiger partial charge in [0.05, 0.1) is 11.7 Å². The lowest BCUT2D eigenvalue weighted by Gasteiger charge is -2.37. The molecule has 1 N–H and O–H groups in total. The van der Waals surface area contributed by atoms with E-state index in [4.69, 9.17) is 4.52 Å². The van der Waals surface area contributed by atoms with Crippen molar-refractivity contribution in [2.24, 2.45) is 0 Å². The molecule has 0 bridgehead atoms. The smallest absolute Gasteiger partial charge is 0.243 e. The minimum Gasteiger partial charge on any atom is -0.338 e. The molecule has 124 valence electrons. The molecule has 1 aliphatic rings. The van der Waals surface area contributed by atoms with Crippen molar-refractivity contribution in [3.63, 3.8) is 0 Å². The number of hydrogen-bond donors (Lipinski definition) is 1. The Morgan fingerprint density at radius 2 is 2.22 bits per heavy atom. The van der Waals surface area contributed by atoms with Crippen LogP contribution in [-0.2, 0) is 11.3 Å². The van der Waals surface area contributed by atoms with Crippen LogP contribution in [-0.4, -0.2) is 53.1 Å². The second kappa shape index (κ2) is 7.25. The van der Waals surface area contributed by atoms with Crippen LogP contribution in [0.15, 0.2) is 27.4 Å². The molecule has 1 atom stereocenters. The summed E-state index contributed by atoms with van der Waals surface area (Å²) in [6, 6.07) is 3.72. The Balaban J connectivity index is 1.47. The zero-order valence-corrected chi connectivity index (χ0v) is 14.3. The van der Waals surface area contributed by atoms with E-state index in [0.29, 0.717) is 5.88 Å². The van der Waals surface area contributed by atoms with Crippen molar-refractivity contribution in [2.75, 3.05) is 31.5 Å². The predicted octanol–water partition coefficient (Wildman–Crippen LogP) is 2.19. The van der Waals surface area contributed by atoms with Gasteiger partial charge < -0.3 is 4.52 Å². The van der Waals surface area contributed by atoms with E-state index in [1.165, 1.54) is 5.56 Å². The molecule has 2 aromatic rings. The number of aryl methyl sites for hydroxylation is 1. The van der Waals surface area contributed by atoms with E-state index in [1.54, 1.807) is 17.4 Å². The molecule has 0 aromatic carbocycles. The number of aromatic nitrogens is 1. The first-order chi connectivity index (χ1) is 11.1. The molecule has 2 aromatic heterocycles. The number of anilines is 1. The number of carbonyl (C=O) groups is 1. The summed E-state index contributed by atoms with van der Waals surface area (Å²) < 4.78 is 5.04. The maximum atomic E-state index is 12.3. The lowest BCUT2D eigenvalue weighted by molar-refractivity contribution is -0.121. The van der Waals surface area contributed by atoms with Crippen LogP contribution in [0.2, 0.25) is 0 Å². The summed E-state index contributed by atoms with van der Waals surface area (Å²) in [7, 11) is 0. The number of nitrogens with zero attached hydrogens (tertiary/aromatic N) is 3. The normalized spacial score (nSPS) is 18.0. The molecule has 7 heteroatoms. The van der Waals surface area contributed by atoms with Gasteiger partial charge in [0.2, 0.25) is 11.8 Å². The zero-order chi connectivity index (χ0) is 16.2. The zero-order valence-electron chi connectivity index (χ0n) is 13.5. The van der Waals surface area contributed by atoms with E-state index in [-0.39, 0.29) is 11.9 Å². The lowest BCUT2D eigenvalue weighted by atomic mass is 10.2. The molecule has 1 fully saturated rings. The summed E-state index contributed by atoms with van der Waals surface area (Å²) in [4.78, 5) is 17.0. The van der Waals surface area contributed by atoms with E-state index in [2.05, 4.69) is 37.1 Å². The van der Waals surface area contributed by atoms with E-state index in [0.717, 1.165) is 38.4 Å². The maximum absolute atomic E-state index is 12.3. The lowest BCUT2D eigenvalue weighted by Crippen LogP contribution is -2.52. The van der Waals surface area contributed by atoms with Gasteiger partial charge in [-0.3, -0.25) is 19.9 Å². The van der Waals surface area contributed by atoms with Crippen LogP contribution < -0.4 is 5.32 Å². The number of rotatable bonds is 5. The van der Waals surface area contributed by atoms with E-state index in [9.17, 15) is 4.79 Å². The van der Waals surface area contributed by atoms with Crippen molar-refractivity contribution >= 4 is 23.1 Å². The van der Waals surface area contributed by atoms with Crippen molar-refractivity contribution in [1.29, 1.82) is 0 Å². The van der Waals surface area contributed by atoms with Crippen molar-refractivity contribution in [3.8, 4) is 0 Å². The van der Waals surface area contributed by atoms with Crippen molar-refractivity contribution < 1.29 is 9.32 Å². The fourth-order valence-electron chi connectivity index (χ4n) is 2.76. The third kappa shape index (κ3) is 4.19. The number of amides is 1. The molecule has 0 radical (unpaired) electrons. The topological polar surface area (TPSA) is 61.6 Å². The van der Waals surface area contributed by atoms with Crippen LogP contribution in [0.5, 0.6) is 0 Å². The Morgan fingerprint density at radius 1 is 1.43 bits per heavy atom. The van der Waals surface area contributed by atoms with Gasteiger partial charge in [0, 0.05) is 38.8 Å². The van der Waals surface area contributed by atoms with E-state index in [1.807, 2.05) is 13.8 Å². The fraction of sp³-hybridized carbons (Fsp3) is 0.500. The molecule has 23 heavy (non-hydrogen) atoms. The average Bonchev–Trinajstić information content (AvgIpc) is 3.19. The van der Waals surface area contributed by atoms with Crippen LogP contribution in [0.3, 0.4) is 0 Å². The highest BCUT2D eigenvalue weighted by atomic mass is 32.1. The van der Waals surface area contributed by atoms with Crippen molar-refractivity contribution in [2.45, 2.75) is 26.4 Å². The quantitative estimate of drug-likeness (QED) is 0.908. The number of nitrogens with one attached hydrogen (secondary N) is 1. The fourth-order valence-corrected chi connectivity index (χ4v) is 3.42. The first-order valence-electron chi connectivity index (χ1n) is 7.83. The summed E-state index contributed by atoms with van der Waals surface area (Å²) in [6.07, 6.45) is 0. The molecule has 1 amide bonds. The standard InChI is InChI=1S/C16H22N4O2S/c1-12-9-15(22-18-12)17-16(21)13(2)20-6-4-19(5-7-20)10-14-3-8-23-11-14/h3,8-9,11,13H,4-7,10H2,1-2H3,(H,17,21). The van der Waals surface area contributed by atoms with Gasteiger partial charge in [-0.1, -0.05) is 5.16 Å². The Morgan fingerprint density at radius 3 is 2.83 bits per heavy atom. The first-order valence-corrected chi connectivity index (χ1v) is 8.78. The van der Waals surface area contributed by atoms with Gasteiger partial charge in [0.25, 0.3) is 0 Å². The maximum Gasteiger partial charge on any atom is 0.243 e. The molecule has 3 heterocycles. The summed E-state index contributed by atoms with van der Waals surface area (Å²) in [6.45, 7) is 8.52. The second-order valence-corrected chi connectivity index (χ2v) is 6.72. The highest BCUT2D eigenvalue weighted by Crippen LogP contribution is 2.14. The number of thiophene rings is 1. The van der Waals surface area contributed by atoms with Gasteiger partial charge in [-0.25, -0.2) is 0 Å². The second-order valence-electron chi connectivity index (χ2n) is 5.94. The molecule has 1 unspecified atom stereocenters. The molecule has 0 aliphatic carbocycles. The highest BCUT2D eigenvalue weighted by Gasteiger charge is 2.26. The third-order valence-electron chi connectivity index (χ3n) is 4.19. The minimum absolute atomic E-state index is 0.0487. The Bertz CT molecular complexity index is 632. The number of piperazine rings is 1. The predicted molar refractivity (Wildman–Crippen MR) is 90.5 cm³/mol.